The van der Waals surface area contributed by atoms with E-state index < -0.39 is 5.97 Å². The fourth-order valence-electron chi connectivity index (χ4n) is 1.91. The molecule has 20 heavy (non-hydrogen) atoms. The molecular weight excluding hydrogens is 256 g/mol. The molecule has 0 aliphatic rings. The highest BCUT2D eigenvalue weighted by molar-refractivity contribution is 5.66. The molecule has 1 rings (SSSR count). The van der Waals surface area contributed by atoms with Crippen LogP contribution in [0.25, 0.3) is 0 Å². The summed E-state index contributed by atoms with van der Waals surface area (Å²) in [7, 11) is 1.65. The average molecular weight is 280 g/mol. The molecule has 4 heteroatoms. The molecule has 1 N–H and O–H groups in total. The molecule has 0 amide bonds. The van der Waals surface area contributed by atoms with Crippen LogP contribution in [0.2, 0.25) is 0 Å². The summed E-state index contributed by atoms with van der Waals surface area (Å²) >= 11 is 0. The van der Waals surface area contributed by atoms with Gasteiger partial charge >= 0.3 is 5.97 Å². The van der Waals surface area contributed by atoms with E-state index in [9.17, 15) is 4.79 Å². The van der Waals surface area contributed by atoms with Gasteiger partial charge in [0.1, 0.15) is 11.5 Å². The number of aliphatic carboxylic acids is 1. The molecule has 1 aromatic rings. The molecular formula is C16H24O4. The second-order valence-electron chi connectivity index (χ2n) is 5.81. The van der Waals surface area contributed by atoms with Gasteiger partial charge in [-0.15, -0.1) is 0 Å². The van der Waals surface area contributed by atoms with Crippen LogP contribution in [0.1, 0.15) is 45.6 Å². The van der Waals surface area contributed by atoms with E-state index in [0.29, 0.717) is 13.0 Å². The predicted octanol–water partition coefficient (Wildman–Crippen LogP) is 3.63. The summed E-state index contributed by atoms with van der Waals surface area (Å²) in [5.41, 5.74) is 1.06. The largest absolute Gasteiger partial charge is 0.497 e. The predicted molar refractivity (Wildman–Crippen MR) is 78.7 cm³/mol. The molecule has 0 aliphatic carbocycles. The number of hydrogen-bond donors (Lipinski definition) is 1. The van der Waals surface area contributed by atoms with E-state index in [0.717, 1.165) is 23.5 Å². The van der Waals surface area contributed by atoms with Crippen molar-refractivity contribution in [1.82, 2.24) is 0 Å². The van der Waals surface area contributed by atoms with Gasteiger partial charge < -0.3 is 14.6 Å². The Hall–Kier alpha value is -1.71. The highest BCUT2D eigenvalue weighted by atomic mass is 16.5. The van der Waals surface area contributed by atoms with E-state index in [-0.39, 0.29) is 11.8 Å². The molecule has 0 aromatic heterocycles. The summed E-state index contributed by atoms with van der Waals surface area (Å²) in [5.74, 6) is 0.895. The Morgan fingerprint density at radius 2 is 1.95 bits per heavy atom. The van der Waals surface area contributed by atoms with Crippen LogP contribution in [0.3, 0.4) is 0 Å². The minimum Gasteiger partial charge on any atom is -0.497 e. The number of carboxylic acids is 1. The maximum absolute atomic E-state index is 10.4. The quantitative estimate of drug-likeness (QED) is 0.775. The number of carboxylic acid groups (broad SMARTS) is 1. The Bertz CT molecular complexity index is 446. The Balaban J connectivity index is 2.67. The van der Waals surface area contributed by atoms with Crippen molar-refractivity contribution >= 4 is 5.97 Å². The molecule has 4 nitrogen and oxygen atoms in total. The second kappa shape index (κ2) is 7.17. The first-order valence-corrected chi connectivity index (χ1v) is 6.87. The van der Waals surface area contributed by atoms with Gasteiger partial charge in [0.25, 0.3) is 0 Å². The van der Waals surface area contributed by atoms with E-state index in [1.54, 1.807) is 7.11 Å². The first-order chi connectivity index (χ1) is 9.34. The third-order valence-corrected chi connectivity index (χ3v) is 3.04. The zero-order chi connectivity index (χ0) is 15.2. The molecule has 0 unspecified atom stereocenters. The van der Waals surface area contributed by atoms with Crippen LogP contribution >= 0.6 is 0 Å². The Labute approximate surface area is 120 Å². The van der Waals surface area contributed by atoms with Crippen molar-refractivity contribution in [3.8, 4) is 11.5 Å². The summed E-state index contributed by atoms with van der Waals surface area (Å²) in [6.45, 7) is 6.90. The third kappa shape index (κ3) is 5.11. The summed E-state index contributed by atoms with van der Waals surface area (Å²) in [6, 6.07) is 5.78. The van der Waals surface area contributed by atoms with Gasteiger partial charge in [-0.25, -0.2) is 0 Å². The molecule has 0 saturated heterocycles. The van der Waals surface area contributed by atoms with Gasteiger partial charge in [0, 0.05) is 12.0 Å². The monoisotopic (exact) mass is 280 g/mol. The van der Waals surface area contributed by atoms with Crippen molar-refractivity contribution < 1.29 is 19.4 Å². The smallest absolute Gasteiger partial charge is 0.303 e. The molecule has 0 bridgehead atoms. The van der Waals surface area contributed by atoms with E-state index in [4.69, 9.17) is 14.6 Å². The molecule has 0 fully saturated rings. The molecule has 1 aromatic carbocycles. The van der Waals surface area contributed by atoms with E-state index in [1.165, 1.54) is 0 Å². The lowest BCUT2D eigenvalue weighted by atomic mass is 9.86. The molecule has 0 atom stereocenters. The first-order valence-electron chi connectivity index (χ1n) is 6.87. The van der Waals surface area contributed by atoms with Crippen LogP contribution in [-0.2, 0) is 10.2 Å². The summed E-state index contributed by atoms with van der Waals surface area (Å²) < 4.78 is 11.1. The maximum Gasteiger partial charge on any atom is 0.303 e. The van der Waals surface area contributed by atoms with Crippen molar-refractivity contribution in [2.75, 3.05) is 13.7 Å². The lowest BCUT2D eigenvalue weighted by Gasteiger charge is -2.23. The van der Waals surface area contributed by atoms with Crippen molar-refractivity contribution in [3.05, 3.63) is 23.8 Å². The van der Waals surface area contributed by atoms with Crippen molar-refractivity contribution in [1.29, 1.82) is 0 Å². The standard InChI is InChI=1S/C16H24O4/c1-16(2,3)13-11-12(19-4)8-9-14(13)20-10-6-5-7-15(17)18/h8-9,11H,5-7,10H2,1-4H3,(H,17,18). The van der Waals surface area contributed by atoms with Gasteiger partial charge in [0.05, 0.1) is 13.7 Å². The second-order valence-corrected chi connectivity index (χ2v) is 5.81. The van der Waals surface area contributed by atoms with E-state index >= 15 is 0 Å². The number of unbranched alkanes of at least 4 members (excludes halogenated alkanes) is 1. The molecule has 0 heterocycles. The molecule has 112 valence electrons. The molecule has 0 saturated carbocycles. The first kappa shape index (κ1) is 16.3. The minimum atomic E-state index is -0.759. The van der Waals surface area contributed by atoms with Crippen LogP contribution in [0.5, 0.6) is 11.5 Å². The topological polar surface area (TPSA) is 55.8 Å². The van der Waals surface area contributed by atoms with Crippen LogP contribution in [0.15, 0.2) is 18.2 Å². The molecule has 0 aliphatic heterocycles. The van der Waals surface area contributed by atoms with Crippen molar-refractivity contribution in [3.63, 3.8) is 0 Å². The number of methoxy groups -OCH3 is 1. The lowest BCUT2D eigenvalue weighted by Crippen LogP contribution is -2.14. The summed E-state index contributed by atoms with van der Waals surface area (Å²) in [6.07, 6.45) is 1.57. The Morgan fingerprint density at radius 1 is 1.25 bits per heavy atom. The zero-order valence-corrected chi connectivity index (χ0v) is 12.7. The lowest BCUT2D eigenvalue weighted by molar-refractivity contribution is -0.137. The highest BCUT2D eigenvalue weighted by Gasteiger charge is 2.19. The van der Waals surface area contributed by atoms with Crippen LogP contribution < -0.4 is 9.47 Å². The maximum atomic E-state index is 10.4. The fraction of sp³-hybridized carbons (Fsp3) is 0.562. The third-order valence-electron chi connectivity index (χ3n) is 3.04. The van der Waals surface area contributed by atoms with Gasteiger partial charge in [0.2, 0.25) is 0 Å². The number of rotatable bonds is 7. The van der Waals surface area contributed by atoms with Crippen molar-refractivity contribution in [2.45, 2.75) is 45.4 Å². The number of hydrogen-bond acceptors (Lipinski definition) is 3. The number of ether oxygens (including phenoxy) is 2. The SMILES string of the molecule is COc1ccc(OCCCCC(=O)O)c(C(C)(C)C)c1. The average Bonchev–Trinajstić information content (AvgIpc) is 2.37. The van der Waals surface area contributed by atoms with Crippen molar-refractivity contribution in [2.24, 2.45) is 0 Å². The summed E-state index contributed by atoms with van der Waals surface area (Å²) in [4.78, 5) is 10.4. The highest BCUT2D eigenvalue weighted by Crippen LogP contribution is 2.34. The van der Waals surface area contributed by atoms with E-state index in [2.05, 4.69) is 20.8 Å². The van der Waals surface area contributed by atoms with Crippen LogP contribution in [0, 0.1) is 0 Å². The molecule has 0 spiro atoms. The molecule has 0 radical (unpaired) electrons. The van der Waals surface area contributed by atoms with Crippen LogP contribution in [-0.4, -0.2) is 24.8 Å². The van der Waals surface area contributed by atoms with Crippen LogP contribution in [0.4, 0.5) is 0 Å². The number of benzene rings is 1. The van der Waals surface area contributed by atoms with E-state index in [1.807, 2.05) is 18.2 Å². The normalized spacial score (nSPS) is 11.2. The van der Waals surface area contributed by atoms with Gasteiger partial charge in [0.15, 0.2) is 0 Å². The van der Waals surface area contributed by atoms with Gasteiger partial charge in [-0.05, 0) is 36.5 Å². The Morgan fingerprint density at radius 3 is 2.50 bits per heavy atom. The Kier molecular flexibility index (Phi) is 5.86. The van der Waals surface area contributed by atoms with Gasteiger partial charge in [-0.3, -0.25) is 4.79 Å². The fourth-order valence-corrected chi connectivity index (χ4v) is 1.91. The zero-order valence-electron chi connectivity index (χ0n) is 12.7. The number of carbonyl (C=O) groups is 1. The minimum absolute atomic E-state index is 0.0368. The summed E-state index contributed by atoms with van der Waals surface area (Å²) in [5, 5.41) is 8.58. The van der Waals surface area contributed by atoms with Gasteiger partial charge in [-0.2, -0.15) is 0 Å². The van der Waals surface area contributed by atoms with Gasteiger partial charge in [-0.1, -0.05) is 20.8 Å².